The van der Waals surface area contributed by atoms with Crippen LogP contribution in [0.2, 0.25) is 0 Å². The smallest absolute Gasteiger partial charge is 0.140 e. The van der Waals surface area contributed by atoms with Gasteiger partial charge in [0.05, 0.1) is 0 Å². The van der Waals surface area contributed by atoms with Gasteiger partial charge >= 0.3 is 0 Å². The zero-order valence-corrected chi connectivity index (χ0v) is 18.8. The number of hydrogen-bond acceptors (Lipinski definition) is 2. The van der Waals surface area contributed by atoms with Crippen molar-refractivity contribution in [3.8, 4) is 11.5 Å². The van der Waals surface area contributed by atoms with Crippen LogP contribution < -0.4 is 4.74 Å². The third-order valence-corrected chi connectivity index (χ3v) is 5.65. The molecule has 2 rings (SSSR count). The van der Waals surface area contributed by atoms with Crippen LogP contribution in [-0.4, -0.2) is 5.78 Å². The fourth-order valence-corrected chi connectivity index (χ4v) is 3.42. The number of rotatable bonds is 7. The van der Waals surface area contributed by atoms with E-state index in [1.54, 1.807) is 0 Å². The van der Waals surface area contributed by atoms with Gasteiger partial charge < -0.3 is 4.74 Å². The number of Topliss-reactive ketones (excluding diaryl/α,β-unsaturated/α-hetero) is 1. The summed E-state index contributed by atoms with van der Waals surface area (Å²) in [6, 6.07) is 14.1. The van der Waals surface area contributed by atoms with Crippen molar-refractivity contribution in [2.45, 2.75) is 73.6 Å². The van der Waals surface area contributed by atoms with Crippen LogP contribution in [0.4, 0.5) is 0 Å². The van der Waals surface area contributed by atoms with Crippen LogP contribution in [0, 0.1) is 11.3 Å². The Morgan fingerprint density at radius 1 is 0.857 bits per heavy atom. The average Bonchev–Trinajstić information content (AvgIpc) is 2.61. The summed E-state index contributed by atoms with van der Waals surface area (Å²) in [6.45, 7) is 17.2. The molecule has 0 aliphatic carbocycles. The molecule has 0 radical (unpaired) electrons. The Labute approximate surface area is 171 Å². The van der Waals surface area contributed by atoms with Gasteiger partial charge in [-0.05, 0) is 58.2 Å². The van der Waals surface area contributed by atoms with Gasteiger partial charge in [0.25, 0.3) is 0 Å². The fraction of sp³-hybridized carbons (Fsp3) is 0.500. The summed E-state index contributed by atoms with van der Waals surface area (Å²) in [5.41, 5.74) is 3.59. The van der Waals surface area contributed by atoms with Crippen LogP contribution in [0.5, 0.6) is 11.5 Å². The Morgan fingerprint density at radius 2 is 1.36 bits per heavy atom. The van der Waals surface area contributed by atoms with Gasteiger partial charge in [-0.3, -0.25) is 4.79 Å². The summed E-state index contributed by atoms with van der Waals surface area (Å²) in [6.07, 6.45) is 0.491. The molecule has 28 heavy (non-hydrogen) atoms. The Morgan fingerprint density at radius 3 is 1.79 bits per heavy atom. The Balaban J connectivity index is 2.47. The summed E-state index contributed by atoms with van der Waals surface area (Å²) >= 11 is 0. The summed E-state index contributed by atoms with van der Waals surface area (Å²) in [4.78, 5) is 13.1. The lowest BCUT2D eigenvalue weighted by atomic mass is 9.76. The van der Waals surface area contributed by atoms with Crippen molar-refractivity contribution >= 4 is 5.78 Å². The number of benzene rings is 2. The zero-order chi connectivity index (χ0) is 21.1. The maximum Gasteiger partial charge on any atom is 0.140 e. The van der Waals surface area contributed by atoms with Gasteiger partial charge in [-0.2, -0.15) is 0 Å². The third kappa shape index (κ3) is 5.47. The number of carbonyl (C=O) groups excluding carboxylic acids is 1. The maximum absolute atomic E-state index is 13.1. The van der Waals surface area contributed by atoms with E-state index in [4.69, 9.17) is 4.74 Å². The van der Waals surface area contributed by atoms with Crippen molar-refractivity contribution in [1.82, 2.24) is 0 Å². The number of ether oxygens (including phenoxy) is 1. The van der Waals surface area contributed by atoms with Gasteiger partial charge in [-0.15, -0.1) is 0 Å². The highest BCUT2D eigenvalue weighted by molar-refractivity contribution is 5.84. The first-order valence-corrected chi connectivity index (χ1v) is 10.4. The molecule has 0 heterocycles. The molecule has 0 fully saturated rings. The first-order chi connectivity index (χ1) is 13.0. The fourth-order valence-electron chi connectivity index (χ4n) is 3.42. The van der Waals surface area contributed by atoms with E-state index in [0.29, 0.717) is 24.0 Å². The monoisotopic (exact) mass is 380 g/mol. The molecule has 0 spiro atoms. The van der Waals surface area contributed by atoms with E-state index >= 15 is 0 Å². The molecule has 1 unspecified atom stereocenters. The van der Waals surface area contributed by atoms with Crippen molar-refractivity contribution in [2.24, 2.45) is 11.3 Å². The molecule has 0 aliphatic rings. The lowest BCUT2D eigenvalue weighted by molar-refractivity contribution is -0.124. The number of ketones is 1. The van der Waals surface area contributed by atoms with E-state index in [0.717, 1.165) is 11.5 Å². The van der Waals surface area contributed by atoms with Gasteiger partial charge in [0.2, 0.25) is 0 Å². The van der Waals surface area contributed by atoms with Crippen molar-refractivity contribution < 1.29 is 9.53 Å². The van der Waals surface area contributed by atoms with Gasteiger partial charge in [-0.25, -0.2) is 0 Å². The SMILES string of the molecule is CC(C)c1cc(Oc2ccccc2)cc(C(C)C)c1CC(=O)C(C)C(C)(C)C. The van der Waals surface area contributed by atoms with Gasteiger partial charge in [0.1, 0.15) is 17.3 Å². The van der Waals surface area contributed by atoms with Crippen molar-refractivity contribution in [3.63, 3.8) is 0 Å². The largest absolute Gasteiger partial charge is 0.457 e. The van der Waals surface area contributed by atoms with E-state index < -0.39 is 0 Å². The molecule has 0 saturated carbocycles. The van der Waals surface area contributed by atoms with E-state index in [1.165, 1.54) is 16.7 Å². The van der Waals surface area contributed by atoms with Crippen molar-refractivity contribution in [3.05, 3.63) is 59.2 Å². The van der Waals surface area contributed by atoms with Crippen LogP contribution in [0.25, 0.3) is 0 Å². The van der Waals surface area contributed by atoms with Crippen LogP contribution in [0.1, 0.15) is 83.9 Å². The maximum atomic E-state index is 13.1. The second kappa shape index (κ2) is 8.94. The number of hydrogen-bond donors (Lipinski definition) is 0. The molecule has 0 bridgehead atoms. The first kappa shape index (κ1) is 22.2. The average molecular weight is 381 g/mol. The van der Waals surface area contributed by atoms with Gasteiger partial charge in [0, 0.05) is 12.3 Å². The molecular weight excluding hydrogens is 344 g/mol. The predicted octanol–water partition coefficient (Wildman–Crippen LogP) is 7.52. The lowest BCUT2D eigenvalue weighted by Gasteiger charge is -2.28. The van der Waals surface area contributed by atoms with Crippen LogP contribution in [0.15, 0.2) is 42.5 Å². The normalized spacial score (nSPS) is 13.1. The molecule has 2 aromatic rings. The molecule has 0 aliphatic heterocycles. The summed E-state index contributed by atoms with van der Waals surface area (Å²) < 4.78 is 6.14. The molecule has 0 saturated heterocycles. The van der Waals surface area contributed by atoms with E-state index in [9.17, 15) is 4.79 Å². The highest BCUT2D eigenvalue weighted by Gasteiger charge is 2.28. The second-order valence-electron chi connectivity index (χ2n) is 9.54. The molecule has 0 N–H and O–H groups in total. The lowest BCUT2D eigenvalue weighted by Crippen LogP contribution is -2.27. The predicted molar refractivity (Wildman–Crippen MR) is 118 cm³/mol. The van der Waals surface area contributed by atoms with Crippen molar-refractivity contribution in [1.29, 1.82) is 0 Å². The summed E-state index contributed by atoms with van der Waals surface area (Å²) in [7, 11) is 0. The summed E-state index contributed by atoms with van der Waals surface area (Å²) in [5.74, 6) is 2.66. The molecular formula is C26H36O2. The topological polar surface area (TPSA) is 26.3 Å². The van der Waals surface area contributed by atoms with Crippen molar-refractivity contribution in [2.75, 3.05) is 0 Å². The van der Waals surface area contributed by atoms with Crippen LogP contribution >= 0.6 is 0 Å². The first-order valence-electron chi connectivity index (χ1n) is 10.4. The minimum Gasteiger partial charge on any atom is -0.457 e. The summed E-state index contributed by atoms with van der Waals surface area (Å²) in [5, 5.41) is 0. The second-order valence-corrected chi connectivity index (χ2v) is 9.54. The van der Waals surface area contributed by atoms with Gasteiger partial charge in [-0.1, -0.05) is 73.6 Å². The highest BCUT2D eigenvalue weighted by Crippen LogP contribution is 2.36. The Kier molecular flexibility index (Phi) is 7.09. The van der Waals surface area contributed by atoms with Crippen LogP contribution in [0.3, 0.4) is 0 Å². The van der Waals surface area contributed by atoms with E-state index in [1.807, 2.05) is 30.3 Å². The molecule has 1 atom stereocenters. The molecule has 2 nitrogen and oxygen atoms in total. The van der Waals surface area contributed by atoms with Gasteiger partial charge in [0.15, 0.2) is 0 Å². The number of para-hydroxylation sites is 1. The molecule has 2 aromatic carbocycles. The third-order valence-electron chi connectivity index (χ3n) is 5.65. The van der Waals surface area contributed by atoms with Crippen LogP contribution in [-0.2, 0) is 11.2 Å². The minimum atomic E-state index is -0.0244. The molecule has 0 aromatic heterocycles. The number of carbonyl (C=O) groups is 1. The zero-order valence-electron chi connectivity index (χ0n) is 18.8. The Hall–Kier alpha value is -2.09. The molecule has 0 amide bonds. The Bertz CT molecular complexity index is 766. The standard InChI is InChI=1S/C26H36O2/c1-17(2)22-14-21(28-20-12-10-9-11-13-20)15-23(18(3)4)24(22)16-25(27)19(5)26(6,7)8/h9-15,17-19H,16H2,1-8H3. The minimum absolute atomic E-state index is 0.0211. The molecule has 2 heteroatoms. The van der Waals surface area contributed by atoms with E-state index in [-0.39, 0.29) is 11.3 Å². The molecule has 152 valence electrons. The van der Waals surface area contributed by atoms with E-state index in [2.05, 4.69) is 67.5 Å². The quantitative estimate of drug-likeness (QED) is 0.496. The highest BCUT2D eigenvalue weighted by atomic mass is 16.5.